The zero-order chi connectivity index (χ0) is 17.8. The van der Waals surface area contributed by atoms with E-state index in [0.29, 0.717) is 24.1 Å². The number of aromatic amines is 2. The topological polar surface area (TPSA) is 108 Å². The van der Waals surface area contributed by atoms with Crippen LogP contribution in [0.25, 0.3) is 0 Å². The Labute approximate surface area is 143 Å². The largest absolute Gasteiger partial charge is 0.338 e. The number of hydrogen-bond acceptors (Lipinski definition) is 5. The number of fused-ring (bicyclic) bond motifs is 1. The molecule has 1 aliphatic heterocycles. The van der Waals surface area contributed by atoms with Crippen molar-refractivity contribution in [2.24, 2.45) is 5.41 Å². The predicted molar refractivity (Wildman–Crippen MR) is 92.4 cm³/mol. The van der Waals surface area contributed by atoms with Crippen molar-refractivity contribution in [1.29, 1.82) is 0 Å². The number of pyridine rings is 1. The number of anilines is 1. The second-order valence-corrected chi connectivity index (χ2v) is 7.38. The normalized spacial score (nSPS) is 21.4. The maximum atomic E-state index is 12.7. The van der Waals surface area contributed by atoms with Gasteiger partial charge in [-0.25, -0.2) is 4.79 Å². The third kappa shape index (κ3) is 2.52. The maximum Gasteiger partial charge on any atom is 0.327 e. The lowest BCUT2D eigenvalue weighted by molar-refractivity contribution is -0.118. The molecule has 0 saturated heterocycles. The standard InChI is InChI=1S/C18H18N4O3/c1-18(2)6-10-12(9-4-3-5-19-8-9)13-15(20-14(10)11(23)7-18)21-17(25)22-16(13)24/h3-5,8,12H,6-7H2,1-2H3,(H3,20,21,22,24,25)/t12-/m0/s1. The average Bonchev–Trinajstić information content (AvgIpc) is 2.53. The Kier molecular flexibility index (Phi) is 3.28. The molecule has 2 aliphatic rings. The molecule has 0 bridgehead atoms. The number of carbonyl (C=O) groups excluding carboxylic acids is 1. The minimum absolute atomic E-state index is 0.00748. The van der Waals surface area contributed by atoms with Crippen molar-refractivity contribution in [1.82, 2.24) is 15.0 Å². The van der Waals surface area contributed by atoms with Crippen molar-refractivity contribution in [2.75, 3.05) is 5.32 Å². The highest BCUT2D eigenvalue weighted by molar-refractivity contribution is 6.01. The Balaban J connectivity index is 2.02. The predicted octanol–water partition coefficient (Wildman–Crippen LogP) is 1.66. The van der Waals surface area contributed by atoms with E-state index in [1.165, 1.54) is 0 Å². The van der Waals surface area contributed by atoms with Gasteiger partial charge in [0.15, 0.2) is 5.78 Å². The first-order chi connectivity index (χ1) is 11.9. The molecule has 2 aromatic heterocycles. The summed E-state index contributed by atoms with van der Waals surface area (Å²) < 4.78 is 0. The summed E-state index contributed by atoms with van der Waals surface area (Å²) in [5.41, 5.74) is 1.35. The molecule has 3 N–H and O–H groups in total. The van der Waals surface area contributed by atoms with E-state index in [-0.39, 0.29) is 17.0 Å². The Morgan fingerprint density at radius 2 is 1.96 bits per heavy atom. The van der Waals surface area contributed by atoms with Gasteiger partial charge in [0.05, 0.1) is 11.3 Å². The zero-order valence-electron chi connectivity index (χ0n) is 14.0. The molecule has 7 heteroatoms. The summed E-state index contributed by atoms with van der Waals surface area (Å²) >= 11 is 0. The lowest BCUT2D eigenvalue weighted by Crippen LogP contribution is -2.38. The average molecular weight is 338 g/mol. The smallest absolute Gasteiger partial charge is 0.327 e. The third-order valence-corrected chi connectivity index (χ3v) is 4.79. The van der Waals surface area contributed by atoms with E-state index in [9.17, 15) is 14.4 Å². The molecule has 1 aliphatic carbocycles. The summed E-state index contributed by atoms with van der Waals surface area (Å²) in [5.74, 6) is -0.134. The van der Waals surface area contributed by atoms with Gasteiger partial charge >= 0.3 is 5.69 Å². The summed E-state index contributed by atoms with van der Waals surface area (Å²) in [7, 11) is 0. The minimum atomic E-state index is -0.603. The van der Waals surface area contributed by atoms with E-state index >= 15 is 0 Å². The van der Waals surface area contributed by atoms with Gasteiger partial charge < -0.3 is 5.32 Å². The van der Waals surface area contributed by atoms with Crippen LogP contribution in [0.15, 0.2) is 45.4 Å². The van der Waals surface area contributed by atoms with Crippen molar-refractivity contribution < 1.29 is 4.79 Å². The van der Waals surface area contributed by atoms with Gasteiger partial charge in [-0.1, -0.05) is 19.9 Å². The molecule has 128 valence electrons. The van der Waals surface area contributed by atoms with E-state index in [1.54, 1.807) is 18.5 Å². The number of ketones is 1. The Bertz CT molecular complexity index is 1010. The minimum Gasteiger partial charge on any atom is -0.338 e. The first-order valence-corrected chi connectivity index (χ1v) is 8.15. The molecule has 0 saturated carbocycles. The molecule has 7 nitrogen and oxygen atoms in total. The summed E-state index contributed by atoms with van der Waals surface area (Å²) in [6.45, 7) is 4.09. The zero-order valence-corrected chi connectivity index (χ0v) is 14.0. The highest BCUT2D eigenvalue weighted by Crippen LogP contribution is 2.47. The Hall–Kier alpha value is -2.96. The molecule has 0 radical (unpaired) electrons. The van der Waals surface area contributed by atoms with Gasteiger partial charge in [0.25, 0.3) is 5.56 Å². The molecule has 0 amide bonds. The summed E-state index contributed by atoms with van der Waals surface area (Å²) in [4.78, 5) is 46.0. The fourth-order valence-electron chi connectivity index (χ4n) is 3.85. The maximum absolute atomic E-state index is 12.7. The van der Waals surface area contributed by atoms with Gasteiger partial charge in [-0.2, -0.15) is 0 Å². The number of rotatable bonds is 1. The lowest BCUT2D eigenvalue weighted by atomic mass is 9.68. The van der Waals surface area contributed by atoms with Gasteiger partial charge in [-0.15, -0.1) is 0 Å². The second-order valence-electron chi connectivity index (χ2n) is 7.38. The van der Waals surface area contributed by atoms with Crippen molar-refractivity contribution in [3.8, 4) is 0 Å². The van der Waals surface area contributed by atoms with Crippen molar-refractivity contribution in [3.63, 3.8) is 0 Å². The third-order valence-electron chi connectivity index (χ3n) is 4.79. The van der Waals surface area contributed by atoms with E-state index in [0.717, 1.165) is 11.1 Å². The molecular weight excluding hydrogens is 320 g/mol. The van der Waals surface area contributed by atoms with E-state index in [4.69, 9.17) is 0 Å². The number of carbonyl (C=O) groups is 1. The van der Waals surface area contributed by atoms with Crippen LogP contribution in [0.1, 0.15) is 43.7 Å². The molecule has 25 heavy (non-hydrogen) atoms. The number of allylic oxidation sites excluding steroid dienone is 2. The SMILES string of the molecule is CC1(C)CC(=O)C2=C(C1)[C@H](c1cccnc1)c1c([nH]c(=O)[nH]c1=O)N2. The summed E-state index contributed by atoms with van der Waals surface area (Å²) in [6, 6.07) is 3.68. The number of aromatic nitrogens is 3. The van der Waals surface area contributed by atoms with E-state index in [1.807, 2.05) is 19.9 Å². The van der Waals surface area contributed by atoms with Crippen LogP contribution in [0, 0.1) is 5.41 Å². The molecule has 2 aromatic rings. The van der Waals surface area contributed by atoms with Gasteiger partial charge in [0.2, 0.25) is 0 Å². The van der Waals surface area contributed by atoms with Crippen molar-refractivity contribution in [3.05, 3.63) is 67.8 Å². The van der Waals surface area contributed by atoms with Crippen LogP contribution in [0.2, 0.25) is 0 Å². The van der Waals surface area contributed by atoms with Gasteiger partial charge in [-0.05, 0) is 29.0 Å². The van der Waals surface area contributed by atoms with Crippen LogP contribution in [-0.4, -0.2) is 20.7 Å². The monoisotopic (exact) mass is 338 g/mol. The first-order valence-electron chi connectivity index (χ1n) is 8.15. The van der Waals surface area contributed by atoms with Gasteiger partial charge in [-0.3, -0.25) is 24.5 Å². The van der Waals surface area contributed by atoms with E-state index < -0.39 is 17.2 Å². The fourth-order valence-corrected chi connectivity index (χ4v) is 3.85. The Morgan fingerprint density at radius 1 is 1.16 bits per heavy atom. The molecular formula is C18H18N4O3. The lowest BCUT2D eigenvalue weighted by Gasteiger charge is -2.39. The van der Waals surface area contributed by atoms with Crippen LogP contribution < -0.4 is 16.6 Å². The molecule has 4 rings (SSSR count). The quantitative estimate of drug-likeness (QED) is 0.733. The molecule has 0 spiro atoms. The van der Waals surface area contributed by atoms with E-state index in [2.05, 4.69) is 20.3 Å². The second kappa shape index (κ2) is 5.27. The van der Waals surface area contributed by atoms with Crippen LogP contribution in [0.3, 0.4) is 0 Å². The van der Waals surface area contributed by atoms with Crippen LogP contribution in [0.5, 0.6) is 0 Å². The fraction of sp³-hybridized carbons (Fsp3) is 0.333. The highest BCUT2D eigenvalue weighted by atomic mass is 16.2. The Morgan fingerprint density at radius 3 is 2.68 bits per heavy atom. The number of H-pyrrole nitrogens is 2. The molecule has 0 fully saturated rings. The van der Waals surface area contributed by atoms with Gasteiger partial charge in [0.1, 0.15) is 5.82 Å². The molecule has 3 heterocycles. The number of nitrogens with one attached hydrogen (secondary N) is 3. The molecule has 0 unspecified atom stereocenters. The van der Waals surface area contributed by atoms with Crippen molar-refractivity contribution >= 4 is 11.6 Å². The molecule has 1 atom stereocenters. The first kappa shape index (κ1) is 15.6. The molecule has 0 aromatic carbocycles. The number of nitrogens with zero attached hydrogens (tertiary/aromatic N) is 1. The van der Waals surface area contributed by atoms with Crippen LogP contribution >= 0.6 is 0 Å². The van der Waals surface area contributed by atoms with Crippen molar-refractivity contribution in [2.45, 2.75) is 32.6 Å². The van der Waals surface area contributed by atoms with Gasteiger partial charge in [0, 0.05) is 24.7 Å². The van der Waals surface area contributed by atoms with Crippen LogP contribution in [0.4, 0.5) is 5.82 Å². The van der Waals surface area contributed by atoms with Crippen LogP contribution in [-0.2, 0) is 4.79 Å². The highest BCUT2D eigenvalue weighted by Gasteiger charge is 2.41. The number of hydrogen-bond donors (Lipinski definition) is 3. The summed E-state index contributed by atoms with van der Waals surface area (Å²) in [6.07, 6.45) is 4.45. The summed E-state index contributed by atoms with van der Waals surface area (Å²) in [5, 5.41) is 3.00. The number of Topliss-reactive ketones (excluding diaryl/α,β-unsaturated/α-hetero) is 1.